The number of anilines is 1. The minimum Gasteiger partial charge on any atom is -0.393 e. The molecule has 0 heterocycles. The first-order valence-electron chi connectivity index (χ1n) is 5.87. The molecule has 0 bridgehead atoms. The minimum atomic E-state index is -0.291. The summed E-state index contributed by atoms with van der Waals surface area (Å²) in [5, 5.41) is 12.7. The van der Waals surface area contributed by atoms with Crippen LogP contribution in [0.3, 0.4) is 0 Å². The monoisotopic (exact) mass is 245 g/mol. The van der Waals surface area contributed by atoms with Crippen molar-refractivity contribution in [1.29, 1.82) is 5.41 Å². The van der Waals surface area contributed by atoms with Gasteiger partial charge in [0.2, 0.25) is 0 Å². The van der Waals surface area contributed by atoms with Crippen LogP contribution in [0.5, 0.6) is 0 Å². The first kappa shape index (κ1) is 14.0. The second-order valence-electron chi connectivity index (χ2n) is 4.27. The summed E-state index contributed by atoms with van der Waals surface area (Å²) in [5.74, 6) is 0.122. The summed E-state index contributed by atoms with van der Waals surface area (Å²) in [6.07, 6.45) is 2.52. The average Bonchev–Trinajstić information content (AvgIpc) is 2.36. The highest BCUT2D eigenvalue weighted by molar-refractivity contribution is 6.17. The fraction of sp³-hybridized carbons (Fsp3) is 0.286. The first-order chi connectivity index (χ1) is 8.58. The van der Waals surface area contributed by atoms with E-state index in [1.165, 1.54) is 11.8 Å². The van der Waals surface area contributed by atoms with Crippen LogP contribution in [0.4, 0.5) is 5.69 Å². The molecule has 0 aliphatic rings. The molecule has 1 rings (SSSR count). The van der Waals surface area contributed by atoms with Crippen molar-refractivity contribution >= 4 is 17.8 Å². The molecule has 1 aromatic carbocycles. The van der Waals surface area contributed by atoms with E-state index in [4.69, 9.17) is 5.41 Å². The van der Waals surface area contributed by atoms with Crippen molar-refractivity contribution in [2.45, 2.75) is 19.8 Å². The number of hydrogen-bond donors (Lipinski definition) is 3. The van der Waals surface area contributed by atoms with Crippen LogP contribution in [-0.2, 0) is 4.79 Å². The van der Waals surface area contributed by atoms with E-state index in [-0.39, 0.29) is 11.5 Å². The predicted octanol–water partition coefficient (Wildman–Crippen LogP) is 2.50. The number of hydrogen-bond acceptors (Lipinski definition) is 3. The van der Waals surface area contributed by atoms with Crippen LogP contribution in [0.2, 0.25) is 0 Å². The van der Waals surface area contributed by atoms with Crippen molar-refractivity contribution in [2.24, 2.45) is 0 Å². The summed E-state index contributed by atoms with van der Waals surface area (Å²) in [6, 6.07) is 7.73. The number of carbonyl (C=O) groups is 1. The van der Waals surface area contributed by atoms with Crippen molar-refractivity contribution in [2.75, 3.05) is 12.4 Å². The van der Waals surface area contributed by atoms with Crippen molar-refractivity contribution in [3.63, 3.8) is 0 Å². The summed E-state index contributed by atoms with van der Waals surface area (Å²) in [6.45, 7) is 4.20. The third-order valence-corrected chi connectivity index (χ3v) is 2.53. The lowest BCUT2D eigenvalue weighted by Gasteiger charge is -2.09. The molecule has 0 aliphatic heterocycles. The van der Waals surface area contributed by atoms with Gasteiger partial charge in [-0.15, -0.1) is 0 Å². The van der Waals surface area contributed by atoms with Gasteiger partial charge in [-0.2, -0.15) is 0 Å². The number of rotatable bonds is 5. The molecule has 0 aliphatic carbocycles. The summed E-state index contributed by atoms with van der Waals surface area (Å²) >= 11 is 0. The highest BCUT2D eigenvalue weighted by Crippen LogP contribution is 2.18. The van der Waals surface area contributed by atoms with E-state index in [9.17, 15) is 4.79 Å². The Bertz CT molecular complexity index is 464. The van der Waals surface area contributed by atoms with Gasteiger partial charge in [0.1, 0.15) is 0 Å². The van der Waals surface area contributed by atoms with Crippen molar-refractivity contribution in [1.82, 2.24) is 5.32 Å². The number of amides is 1. The zero-order valence-electron chi connectivity index (χ0n) is 10.9. The van der Waals surface area contributed by atoms with Crippen molar-refractivity contribution < 1.29 is 4.79 Å². The molecule has 0 fully saturated rings. The summed E-state index contributed by atoms with van der Waals surface area (Å²) in [7, 11) is 1.69. The quantitative estimate of drug-likeness (QED) is 0.551. The Labute approximate surface area is 108 Å². The van der Waals surface area contributed by atoms with Crippen LogP contribution in [-0.4, -0.2) is 19.2 Å². The number of benzene rings is 1. The molecular formula is C14H19N3O. The van der Waals surface area contributed by atoms with E-state index in [1.54, 1.807) is 7.05 Å². The lowest BCUT2D eigenvalue weighted by atomic mass is 10.0. The standard InChI is InChI=1S/C14H19N3O/c1-10(2)11-5-4-6-13(7-11)17-14(18)12(8-15)9-16-3/h4-10,15-16H,1-3H3,(H,17,18)/b12-9+,15-8?. The molecule has 96 valence electrons. The topological polar surface area (TPSA) is 65.0 Å². The molecular weight excluding hydrogens is 226 g/mol. The van der Waals surface area contributed by atoms with Gasteiger partial charge in [-0.25, -0.2) is 0 Å². The smallest absolute Gasteiger partial charge is 0.258 e. The fourth-order valence-corrected chi connectivity index (χ4v) is 1.51. The average molecular weight is 245 g/mol. The zero-order valence-corrected chi connectivity index (χ0v) is 10.9. The van der Waals surface area contributed by atoms with Crippen LogP contribution < -0.4 is 10.6 Å². The molecule has 3 N–H and O–H groups in total. The van der Waals surface area contributed by atoms with Gasteiger partial charge in [0.25, 0.3) is 5.91 Å². The maximum atomic E-state index is 11.8. The van der Waals surface area contributed by atoms with E-state index in [0.29, 0.717) is 5.92 Å². The largest absolute Gasteiger partial charge is 0.393 e. The van der Waals surface area contributed by atoms with E-state index in [0.717, 1.165) is 11.9 Å². The molecule has 4 heteroatoms. The minimum absolute atomic E-state index is 0.285. The Morgan fingerprint density at radius 1 is 1.39 bits per heavy atom. The van der Waals surface area contributed by atoms with E-state index >= 15 is 0 Å². The Balaban J connectivity index is 2.84. The van der Waals surface area contributed by atoms with Gasteiger partial charge >= 0.3 is 0 Å². The van der Waals surface area contributed by atoms with Gasteiger partial charge in [0.15, 0.2) is 0 Å². The SMILES string of the molecule is CN/C=C(\C=N)C(=O)Nc1cccc(C(C)C)c1. The van der Waals surface area contributed by atoms with Gasteiger partial charge in [-0.3, -0.25) is 4.79 Å². The summed E-state index contributed by atoms with van der Waals surface area (Å²) in [4.78, 5) is 11.8. The molecule has 0 spiro atoms. The van der Waals surface area contributed by atoms with Gasteiger partial charge in [0.05, 0.1) is 5.57 Å². The Morgan fingerprint density at radius 3 is 2.67 bits per heavy atom. The molecule has 0 atom stereocenters. The van der Waals surface area contributed by atoms with Crippen molar-refractivity contribution in [3.05, 3.63) is 41.6 Å². The Hall–Kier alpha value is -2.10. The Morgan fingerprint density at radius 2 is 2.11 bits per heavy atom. The summed E-state index contributed by atoms with van der Waals surface area (Å²) < 4.78 is 0. The first-order valence-corrected chi connectivity index (χ1v) is 5.87. The maximum absolute atomic E-state index is 11.8. The predicted molar refractivity (Wildman–Crippen MR) is 75.1 cm³/mol. The Kier molecular flexibility index (Phi) is 5.11. The van der Waals surface area contributed by atoms with Crippen molar-refractivity contribution in [3.8, 4) is 0 Å². The molecule has 0 saturated carbocycles. The lowest BCUT2D eigenvalue weighted by Crippen LogP contribution is -2.17. The van der Waals surface area contributed by atoms with Gasteiger partial charge in [0, 0.05) is 25.1 Å². The normalized spacial score (nSPS) is 11.2. The van der Waals surface area contributed by atoms with E-state index in [2.05, 4.69) is 24.5 Å². The highest BCUT2D eigenvalue weighted by Gasteiger charge is 2.07. The molecule has 4 nitrogen and oxygen atoms in total. The lowest BCUT2D eigenvalue weighted by molar-refractivity contribution is -0.112. The molecule has 0 aromatic heterocycles. The summed E-state index contributed by atoms with van der Waals surface area (Å²) in [5.41, 5.74) is 2.20. The van der Waals surface area contributed by atoms with Crippen LogP contribution in [0.25, 0.3) is 0 Å². The molecule has 1 aromatic rings. The number of nitrogens with one attached hydrogen (secondary N) is 3. The highest BCUT2D eigenvalue weighted by atomic mass is 16.1. The second-order valence-corrected chi connectivity index (χ2v) is 4.27. The van der Waals surface area contributed by atoms with Gasteiger partial charge in [-0.1, -0.05) is 26.0 Å². The van der Waals surface area contributed by atoms with Gasteiger partial charge < -0.3 is 16.0 Å². The van der Waals surface area contributed by atoms with Crippen LogP contribution in [0.1, 0.15) is 25.3 Å². The molecule has 18 heavy (non-hydrogen) atoms. The molecule has 0 radical (unpaired) electrons. The maximum Gasteiger partial charge on any atom is 0.258 e. The van der Waals surface area contributed by atoms with E-state index in [1.807, 2.05) is 24.3 Å². The molecule has 0 unspecified atom stereocenters. The van der Waals surface area contributed by atoms with E-state index < -0.39 is 0 Å². The van der Waals surface area contributed by atoms with Gasteiger partial charge in [-0.05, 0) is 23.6 Å². The van der Waals surface area contributed by atoms with Crippen LogP contribution in [0, 0.1) is 5.41 Å². The second kappa shape index (κ2) is 6.59. The molecule has 1 amide bonds. The van der Waals surface area contributed by atoms with Crippen LogP contribution in [0.15, 0.2) is 36.0 Å². The zero-order chi connectivity index (χ0) is 13.5. The van der Waals surface area contributed by atoms with Crippen LogP contribution >= 0.6 is 0 Å². The fourth-order valence-electron chi connectivity index (χ4n) is 1.51. The third-order valence-electron chi connectivity index (χ3n) is 2.53. The number of carbonyl (C=O) groups excluding carboxylic acids is 1. The molecule has 0 saturated heterocycles. The third kappa shape index (κ3) is 3.73.